The highest BCUT2D eigenvalue weighted by atomic mass is 32.2. The number of nitrogens with two attached hydrogens (primary N) is 1. The zero-order chi connectivity index (χ0) is 15.6. The maximum atomic E-state index is 11.2. The lowest BCUT2D eigenvalue weighted by Gasteiger charge is -2.31. The number of nitrogens with zero attached hydrogens (tertiary/aromatic N) is 3. The highest BCUT2D eigenvalue weighted by Gasteiger charge is 2.24. The van der Waals surface area contributed by atoms with Crippen LogP contribution in [0.5, 0.6) is 0 Å². The molecule has 0 bridgehead atoms. The Morgan fingerprint density at radius 2 is 2.32 bits per heavy atom. The van der Waals surface area contributed by atoms with Gasteiger partial charge >= 0.3 is 0 Å². The minimum atomic E-state index is -3.42. The van der Waals surface area contributed by atoms with Crippen molar-refractivity contribution in [3.63, 3.8) is 0 Å². The van der Waals surface area contributed by atoms with E-state index in [-0.39, 0.29) is 11.7 Å². The van der Waals surface area contributed by atoms with Crippen molar-refractivity contribution in [2.45, 2.75) is 19.4 Å². The van der Waals surface area contributed by atoms with Gasteiger partial charge in [-0.05, 0) is 36.8 Å². The lowest BCUT2D eigenvalue weighted by Crippen LogP contribution is -2.38. The van der Waals surface area contributed by atoms with Crippen molar-refractivity contribution in [1.82, 2.24) is 15.1 Å². The quantitative estimate of drug-likeness (QED) is 0.878. The first-order valence-electron chi connectivity index (χ1n) is 7.09. The van der Waals surface area contributed by atoms with E-state index in [1.165, 1.54) is 0 Å². The van der Waals surface area contributed by atoms with E-state index in [4.69, 9.17) is 9.56 Å². The Kier molecular flexibility index (Phi) is 4.57. The van der Waals surface area contributed by atoms with Gasteiger partial charge in [-0.25, -0.2) is 13.6 Å². The van der Waals surface area contributed by atoms with E-state index in [0.29, 0.717) is 24.9 Å². The Balaban J connectivity index is 1.61. The third kappa shape index (κ3) is 4.13. The second-order valence-electron chi connectivity index (χ2n) is 5.55. The maximum Gasteiger partial charge on any atom is 0.257 e. The van der Waals surface area contributed by atoms with E-state index in [2.05, 4.69) is 15.1 Å². The fourth-order valence-corrected chi connectivity index (χ4v) is 4.34. The number of sulfonamides is 1. The molecule has 3 rings (SSSR count). The molecule has 1 fully saturated rings. The van der Waals surface area contributed by atoms with Gasteiger partial charge in [-0.15, -0.1) is 21.5 Å². The Labute approximate surface area is 133 Å². The third-order valence-corrected chi connectivity index (χ3v) is 5.42. The summed E-state index contributed by atoms with van der Waals surface area (Å²) in [4.78, 5) is 3.09. The zero-order valence-electron chi connectivity index (χ0n) is 12.0. The van der Waals surface area contributed by atoms with Gasteiger partial charge in [-0.3, -0.25) is 4.90 Å². The number of piperidine rings is 1. The summed E-state index contributed by atoms with van der Waals surface area (Å²) in [7, 11) is -3.42. The van der Waals surface area contributed by atoms with Crippen LogP contribution < -0.4 is 5.14 Å². The molecule has 2 aromatic rings. The topological polar surface area (TPSA) is 102 Å². The van der Waals surface area contributed by atoms with Gasteiger partial charge in [0.15, 0.2) is 0 Å². The van der Waals surface area contributed by atoms with Crippen LogP contribution in [-0.4, -0.2) is 42.4 Å². The molecular weight excluding hydrogens is 324 g/mol. The highest BCUT2D eigenvalue weighted by molar-refractivity contribution is 7.89. The number of hydrogen-bond donors (Lipinski definition) is 1. The molecule has 2 aromatic heterocycles. The maximum absolute atomic E-state index is 11.2. The average molecular weight is 342 g/mol. The molecule has 0 aromatic carbocycles. The molecule has 22 heavy (non-hydrogen) atoms. The number of thiophene rings is 1. The molecule has 2 N–H and O–H groups in total. The summed E-state index contributed by atoms with van der Waals surface area (Å²) in [5, 5.41) is 15.2. The monoisotopic (exact) mass is 342 g/mol. The molecule has 0 radical (unpaired) electrons. The summed E-state index contributed by atoms with van der Waals surface area (Å²) >= 11 is 1.55. The Morgan fingerprint density at radius 1 is 1.45 bits per heavy atom. The Morgan fingerprint density at radius 3 is 3.05 bits per heavy atom. The smallest absolute Gasteiger partial charge is 0.257 e. The molecule has 9 heteroatoms. The summed E-state index contributed by atoms with van der Waals surface area (Å²) in [6.07, 6.45) is 1.84. The number of rotatable bonds is 5. The van der Waals surface area contributed by atoms with E-state index in [0.717, 1.165) is 24.3 Å². The van der Waals surface area contributed by atoms with Crippen LogP contribution in [0.1, 0.15) is 18.7 Å². The van der Waals surface area contributed by atoms with Crippen molar-refractivity contribution in [2.75, 3.05) is 18.8 Å². The van der Waals surface area contributed by atoms with Gasteiger partial charge in [-0.2, -0.15) is 0 Å². The van der Waals surface area contributed by atoms with Gasteiger partial charge < -0.3 is 4.42 Å². The molecule has 0 spiro atoms. The fraction of sp³-hybridized carbons (Fsp3) is 0.538. The minimum absolute atomic E-state index is 0.0355. The first kappa shape index (κ1) is 15.6. The number of primary sulfonamides is 1. The summed E-state index contributed by atoms with van der Waals surface area (Å²) in [5.74, 6) is 1.19. The van der Waals surface area contributed by atoms with E-state index >= 15 is 0 Å². The molecular formula is C13H18N4O3S2. The van der Waals surface area contributed by atoms with Crippen molar-refractivity contribution in [3.05, 3.63) is 23.4 Å². The van der Waals surface area contributed by atoms with Gasteiger partial charge in [0.25, 0.3) is 5.89 Å². The van der Waals surface area contributed by atoms with Gasteiger partial charge in [0.05, 0.1) is 17.2 Å². The molecule has 1 aliphatic heterocycles. The Hall–Kier alpha value is -1.29. The molecule has 0 unspecified atom stereocenters. The van der Waals surface area contributed by atoms with Gasteiger partial charge in [0.2, 0.25) is 15.9 Å². The third-order valence-electron chi connectivity index (χ3n) is 3.63. The molecule has 1 atom stereocenters. The van der Waals surface area contributed by atoms with E-state index in [9.17, 15) is 8.42 Å². The molecule has 7 nitrogen and oxygen atoms in total. The second-order valence-corrected chi connectivity index (χ2v) is 8.16. The van der Waals surface area contributed by atoms with Crippen molar-refractivity contribution in [1.29, 1.82) is 0 Å². The minimum Gasteiger partial charge on any atom is -0.419 e. The zero-order valence-corrected chi connectivity index (χ0v) is 13.6. The SMILES string of the molecule is NS(=O)(=O)C[C@H]1CCCN(Cc2nnc(-c3cccs3)o2)C1. The van der Waals surface area contributed by atoms with Crippen molar-refractivity contribution in [3.8, 4) is 10.8 Å². The van der Waals surface area contributed by atoms with Crippen LogP contribution in [-0.2, 0) is 16.6 Å². The Bertz CT molecular complexity index is 711. The van der Waals surface area contributed by atoms with Crippen LogP contribution in [0.25, 0.3) is 10.8 Å². The molecule has 0 aliphatic carbocycles. The lowest BCUT2D eigenvalue weighted by molar-refractivity contribution is 0.164. The predicted octanol–water partition coefficient (Wildman–Crippen LogP) is 1.30. The van der Waals surface area contributed by atoms with Crippen molar-refractivity contribution in [2.24, 2.45) is 11.1 Å². The summed E-state index contributed by atoms with van der Waals surface area (Å²) in [6.45, 7) is 2.13. The standard InChI is InChI=1S/C13H18N4O3S2/c14-22(18,19)9-10-3-1-5-17(7-10)8-12-15-16-13(20-12)11-4-2-6-21-11/h2,4,6,10H,1,3,5,7-9H2,(H2,14,18,19)/t10-/m0/s1. The highest BCUT2D eigenvalue weighted by Crippen LogP contribution is 2.24. The van der Waals surface area contributed by atoms with Crippen molar-refractivity contribution < 1.29 is 12.8 Å². The average Bonchev–Trinajstić information content (AvgIpc) is 3.07. The largest absolute Gasteiger partial charge is 0.419 e. The molecule has 0 amide bonds. The molecule has 1 aliphatic rings. The summed E-state index contributed by atoms with van der Waals surface area (Å²) in [6, 6.07) is 3.87. The molecule has 0 saturated carbocycles. The van der Waals surface area contributed by atoms with Crippen molar-refractivity contribution >= 4 is 21.4 Å². The van der Waals surface area contributed by atoms with E-state index in [1.54, 1.807) is 11.3 Å². The lowest BCUT2D eigenvalue weighted by atomic mass is 10.0. The van der Waals surface area contributed by atoms with Crippen LogP contribution in [0.4, 0.5) is 0 Å². The van der Waals surface area contributed by atoms with Crippen LogP contribution in [0.3, 0.4) is 0 Å². The fourth-order valence-electron chi connectivity index (χ4n) is 2.77. The molecule has 3 heterocycles. The van der Waals surface area contributed by atoms with Crippen LogP contribution in [0.15, 0.2) is 21.9 Å². The normalized spacial score (nSPS) is 20.3. The molecule has 120 valence electrons. The first-order chi connectivity index (χ1) is 10.5. The molecule has 1 saturated heterocycles. The second kappa shape index (κ2) is 6.45. The predicted molar refractivity (Wildman–Crippen MR) is 83.6 cm³/mol. The van der Waals surface area contributed by atoms with Gasteiger partial charge in [-0.1, -0.05) is 6.07 Å². The van der Waals surface area contributed by atoms with Crippen LogP contribution in [0.2, 0.25) is 0 Å². The van der Waals surface area contributed by atoms with Gasteiger partial charge in [0.1, 0.15) is 0 Å². The first-order valence-corrected chi connectivity index (χ1v) is 9.68. The summed E-state index contributed by atoms with van der Waals surface area (Å²) < 4.78 is 28.1. The summed E-state index contributed by atoms with van der Waals surface area (Å²) in [5.41, 5.74) is 0. The number of hydrogen-bond acceptors (Lipinski definition) is 7. The van der Waals surface area contributed by atoms with Gasteiger partial charge in [0, 0.05) is 6.54 Å². The number of likely N-dealkylation sites (tertiary alicyclic amines) is 1. The van der Waals surface area contributed by atoms with E-state index < -0.39 is 10.0 Å². The van der Waals surface area contributed by atoms with E-state index in [1.807, 2.05) is 17.5 Å². The van der Waals surface area contributed by atoms with Crippen LogP contribution in [0, 0.1) is 5.92 Å². The van der Waals surface area contributed by atoms with Crippen LogP contribution >= 0.6 is 11.3 Å². The number of aromatic nitrogens is 2.